The summed E-state index contributed by atoms with van der Waals surface area (Å²) in [5, 5.41) is 8.61. The number of nitrogens with zero attached hydrogens (tertiary/aromatic N) is 2. The van der Waals surface area contributed by atoms with Crippen molar-refractivity contribution in [1.82, 2.24) is 10.2 Å². The van der Waals surface area contributed by atoms with E-state index in [1.807, 2.05) is 18.2 Å². The van der Waals surface area contributed by atoms with Crippen LogP contribution in [0.3, 0.4) is 0 Å². The number of methoxy groups -OCH3 is 2. The van der Waals surface area contributed by atoms with E-state index in [9.17, 15) is 0 Å². The van der Waals surface area contributed by atoms with Crippen LogP contribution in [0.2, 0.25) is 0 Å². The number of benzene rings is 2. The maximum Gasteiger partial charge on any atom is 0.247 e. The van der Waals surface area contributed by atoms with Gasteiger partial charge in [-0.3, -0.25) is 0 Å². The van der Waals surface area contributed by atoms with Crippen LogP contribution in [0, 0.1) is 0 Å². The fourth-order valence-electron chi connectivity index (χ4n) is 3.22. The van der Waals surface area contributed by atoms with Gasteiger partial charge < -0.3 is 13.9 Å². The number of hydrogen-bond donors (Lipinski definition) is 0. The largest absolute Gasteiger partial charge is 0.493 e. The molecule has 0 saturated heterocycles. The maximum atomic E-state index is 6.04. The molecule has 0 unspecified atom stereocenters. The van der Waals surface area contributed by atoms with Crippen molar-refractivity contribution in [2.24, 2.45) is 0 Å². The van der Waals surface area contributed by atoms with Crippen molar-refractivity contribution in [2.45, 2.75) is 58.8 Å². The summed E-state index contributed by atoms with van der Waals surface area (Å²) in [6, 6.07) is 12.4. The van der Waals surface area contributed by atoms with E-state index in [2.05, 4.69) is 69.9 Å². The average Bonchev–Trinajstić information content (AvgIpc) is 3.14. The van der Waals surface area contributed by atoms with Crippen molar-refractivity contribution < 1.29 is 13.9 Å². The van der Waals surface area contributed by atoms with E-state index in [1.165, 1.54) is 11.1 Å². The summed E-state index contributed by atoms with van der Waals surface area (Å²) in [7, 11) is 3.25. The Labute approximate surface area is 179 Å². The number of hydrogen-bond acceptors (Lipinski definition) is 5. The molecule has 1 aromatic heterocycles. The van der Waals surface area contributed by atoms with Crippen molar-refractivity contribution in [3.63, 3.8) is 0 Å². The second kappa shape index (κ2) is 8.13. The van der Waals surface area contributed by atoms with Crippen molar-refractivity contribution in [3.8, 4) is 23.0 Å². The Morgan fingerprint density at radius 2 is 1.37 bits per heavy atom. The van der Waals surface area contributed by atoms with E-state index >= 15 is 0 Å². The van der Waals surface area contributed by atoms with Crippen LogP contribution in [0.4, 0.5) is 0 Å². The zero-order valence-electron chi connectivity index (χ0n) is 19.3. The van der Waals surface area contributed by atoms with Gasteiger partial charge in [-0.25, -0.2) is 0 Å². The summed E-state index contributed by atoms with van der Waals surface area (Å²) >= 11 is 0. The highest BCUT2D eigenvalue weighted by Gasteiger charge is 2.22. The molecule has 0 N–H and O–H groups in total. The summed E-state index contributed by atoms with van der Waals surface area (Å²) in [6.07, 6.45) is 0.526. The highest BCUT2D eigenvalue weighted by molar-refractivity contribution is 5.58. The second-order valence-electron chi connectivity index (χ2n) is 9.67. The molecule has 2 aromatic carbocycles. The topological polar surface area (TPSA) is 57.4 Å². The van der Waals surface area contributed by atoms with Crippen LogP contribution in [-0.2, 0) is 17.3 Å². The molecule has 0 spiro atoms. The first-order valence-corrected chi connectivity index (χ1v) is 10.2. The van der Waals surface area contributed by atoms with E-state index in [0.717, 1.165) is 11.1 Å². The quantitative estimate of drug-likeness (QED) is 0.523. The molecule has 0 radical (unpaired) electrons. The fourth-order valence-corrected chi connectivity index (χ4v) is 3.22. The standard InChI is InChI=1S/C25H32N2O3/c1-24(2,3)18-13-17(14-19(15-18)25(4,5)6)23-27-26-22(30-23)12-16-9-10-20(28-7)21(11-16)29-8/h9-11,13-15H,12H2,1-8H3. The first kappa shape index (κ1) is 21.9. The Bertz CT molecular complexity index is 991. The van der Waals surface area contributed by atoms with Crippen LogP contribution in [0.5, 0.6) is 11.5 Å². The summed E-state index contributed by atoms with van der Waals surface area (Å²) < 4.78 is 16.7. The van der Waals surface area contributed by atoms with Crippen molar-refractivity contribution in [3.05, 3.63) is 59.0 Å². The number of aromatic nitrogens is 2. The molecule has 0 amide bonds. The lowest BCUT2D eigenvalue weighted by atomic mass is 9.79. The SMILES string of the molecule is COc1ccc(Cc2nnc(-c3cc(C(C)(C)C)cc(C(C)(C)C)c3)o2)cc1OC. The number of ether oxygens (including phenoxy) is 2. The molecule has 3 rings (SSSR count). The Morgan fingerprint density at radius 3 is 1.90 bits per heavy atom. The van der Waals surface area contributed by atoms with E-state index < -0.39 is 0 Å². The van der Waals surface area contributed by atoms with Gasteiger partial charge in [-0.1, -0.05) is 53.7 Å². The van der Waals surface area contributed by atoms with Crippen molar-refractivity contribution in [1.29, 1.82) is 0 Å². The first-order chi connectivity index (χ1) is 14.0. The summed E-state index contributed by atoms with van der Waals surface area (Å²) in [5.74, 6) is 2.49. The molecular formula is C25H32N2O3. The molecule has 0 atom stereocenters. The molecule has 3 aromatic rings. The predicted molar refractivity (Wildman–Crippen MR) is 119 cm³/mol. The third kappa shape index (κ3) is 4.84. The van der Waals surface area contributed by atoms with Gasteiger partial charge in [0.25, 0.3) is 0 Å². The van der Waals surface area contributed by atoms with Gasteiger partial charge in [0.15, 0.2) is 11.5 Å². The average molecular weight is 409 g/mol. The lowest BCUT2D eigenvalue weighted by molar-refractivity contribution is 0.354. The Hall–Kier alpha value is -2.82. The maximum absolute atomic E-state index is 6.04. The lowest BCUT2D eigenvalue weighted by Crippen LogP contribution is -2.16. The fraction of sp³-hybridized carbons (Fsp3) is 0.440. The van der Waals surface area contributed by atoms with Gasteiger partial charge in [0.2, 0.25) is 11.8 Å². The van der Waals surface area contributed by atoms with Crippen LogP contribution in [0.25, 0.3) is 11.5 Å². The smallest absolute Gasteiger partial charge is 0.247 e. The molecule has 30 heavy (non-hydrogen) atoms. The van der Waals surface area contributed by atoms with Crippen LogP contribution in [0.1, 0.15) is 64.1 Å². The van der Waals surface area contributed by atoms with E-state index in [4.69, 9.17) is 13.9 Å². The zero-order chi connectivity index (χ0) is 22.1. The van der Waals surface area contributed by atoms with Gasteiger partial charge in [-0.2, -0.15) is 0 Å². The van der Waals surface area contributed by atoms with Crippen LogP contribution >= 0.6 is 0 Å². The Morgan fingerprint density at radius 1 is 0.767 bits per heavy atom. The predicted octanol–water partition coefficient (Wildman–Crippen LogP) is 5.94. The molecule has 0 bridgehead atoms. The Kier molecular flexibility index (Phi) is 5.93. The van der Waals surface area contributed by atoms with Crippen LogP contribution in [0.15, 0.2) is 40.8 Å². The third-order valence-corrected chi connectivity index (χ3v) is 5.18. The normalized spacial score (nSPS) is 12.1. The second-order valence-corrected chi connectivity index (χ2v) is 9.67. The molecule has 0 fully saturated rings. The summed E-state index contributed by atoms with van der Waals surface area (Å²) in [4.78, 5) is 0. The first-order valence-electron chi connectivity index (χ1n) is 10.2. The van der Waals surface area contributed by atoms with E-state index in [1.54, 1.807) is 14.2 Å². The minimum atomic E-state index is 0.0263. The summed E-state index contributed by atoms with van der Waals surface area (Å²) in [5.41, 5.74) is 4.53. The molecule has 0 aliphatic rings. The van der Waals surface area contributed by atoms with Crippen molar-refractivity contribution >= 4 is 0 Å². The van der Waals surface area contributed by atoms with E-state index in [-0.39, 0.29) is 10.8 Å². The van der Waals surface area contributed by atoms with Gasteiger partial charge in [0.05, 0.1) is 20.6 Å². The van der Waals surface area contributed by atoms with Crippen LogP contribution < -0.4 is 9.47 Å². The van der Waals surface area contributed by atoms with Gasteiger partial charge in [-0.05, 0) is 51.8 Å². The minimum absolute atomic E-state index is 0.0263. The highest BCUT2D eigenvalue weighted by Crippen LogP contribution is 2.34. The van der Waals surface area contributed by atoms with Gasteiger partial charge in [-0.15, -0.1) is 10.2 Å². The molecule has 0 saturated carbocycles. The highest BCUT2D eigenvalue weighted by atomic mass is 16.5. The summed E-state index contributed by atoms with van der Waals surface area (Å²) in [6.45, 7) is 13.3. The molecular weight excluding hydrogens is 376 g/mol. The molecule has 0 aliphatic carbocycles. The molecule has 1 heterocycles. The molecule has 0 aliphatic heterocycles. The Balaban J connectivity index is 1.94. The van der Waals surface area contributed by atoms with Gasteiger partial charge in [0, 0.05) is 5.56 Å². The third-order valence-electron chi connectivity index (χ3n) is 5.18. The molecule has 5 heteroatoms. The van der Waals surface area contributed by atoms with Gasteiger partial charge in [0.1, 0.15) is 0 Å². The van der Waals surface area contributed by atoms with Crippen LogP contribution in [-0.4, -0.2) is 24.4 Å². The lowest BCUT2D eigenvalue weighted by Gasteiger charge is -2.25. The monoisotopic (exact) mass is 408 g/mol. The minimum Gasteiger partial charge on any atom is -0.493 e. The number of rotatable bonds is 5. The van der Waals surface area contributed by atoms with Crippen molar-refractivity contribution in [2.75, 3.05) is 14.2 Å². The zero-order valence-corrected chi connectivity index (χ0v) is 19.3. The molecule has 160 valence electrons. The van der Waals surface area contributed by atoms with Gasteiger partial charge >= 0.3 is 0 Å². The van der Waals surface area contributed by atoms with E-state index in [0.29, 0.717) is 29.7 Å². The molecule has 5 nitrogen and oxygen atoms in total.